The molecule has 8 aromatic rings. The Balaban J connectivity index is 1.31. The molecule has 0 fully saturated rings. The molecule has 0 atom stereocenters. The monoisotopic (exact) mass is 615 g/mol. The Hall–Kier alpha value is -6.32. The Morgan fingerprint density at radius 1 is 0.604 bits per heavy atom. The summed E-state index contributed by atoms with van der Waals surface area (Å²) in [6.45, 7) is 6.55. The summed E-state index contributed by atoms with van der Waals surface area (Å²) in [5.74, 6) is 0.895. The van der Waals surface area contributed by atoms with Gasteiger partial charge in [0.05, 0.1) is 11.7 Å². The minimum Gasteiger partial charge on any atom is -0.292 e. The van der Waals surface area contributed by atoms with E-state index in [1.54, 1.807) is 0 Å². The molecule has 0 unspecified atom stereocenters. The third-order valence-corrected chi connectivity index (χ3v) is 9.05. The zero-order valence-electron chi connectivity index (χ0n) is 26.7. The van der Waals surface area contributed by atoms with Crippen LogP contribution in [0.3, 0.4) is 0 Å². The lowest BCUT2D eigenvalue weighted by atomic mass is 9.82. The largest absolute Gasteiger partial charge is 0.292 e. The maximum atomic E-state index is 4.97. The molecule has 2 heterocycles. The Morgan fingerprint density at radius 3 is 1.73 bits per heavy atom. The number of hydrogen-bond donors (Lipinski definition) is 0. The molecule has 0 amide bonds. The smallest absolute Gasteiger partial charge is 0.145 e. The van der Waals surface area contributed by atoms with Crippen LogP contribution >= 0.6 is 0 Å². The maximum absolute atomic E-state index is 4.97. The molecule has 6 aromatic carbocycles. The van der Waals surface area contributed by atoms with Crippen LogP contribution in [0.15, 0.2) is 165 Å². The molecule has 3 nitrogen and oxygen atoms in total. The quantitative estimate of drug-likeness (QED) is 0.167. The summed E-state index contributed by atoms with van der Waals surface area (Å²) in [5.41, 5.74) is 13.4. The number of allylic oxidation sites excluding steroid dienone is 1. The zero-order chi connectivity index (χ0) is 32.5. The summed E-state index contributed by atoms with van der Waals surface area (Å²) >= 11 is 0. The molecular formula is C45H33N3. The molecule has 0 spiro atoms. The number of benzene rings is 6. The minimum absolute atomic E-state index is 0.868. The van der Waals surface area contributed by atoms with Crippen LogP contribution in [0.4, 0.5) is 0 Å². The van der Waals surface area contributed by atoms with Crippen molar-refractivity contribution < 1.29 is 0 Å². The van der Waals surface area contributed by atoms with E-state index in [1.165, 1.54) is 38.6 Å². The van der Waals surface area contributed by atoms with Crippen molar-refractivity contribution >= 4 is 39.5 Å². The first kappa shape index (κ1) is 29.1. The Kier molecular flexibility index (Phi) is 7.56. The van der Waals surface area contributed by atoms with Crippen molar-refractivity contribution in [1.29, 1.82) is 0 Å². The second-order valence-corrected chi connectivity index (χ2v) is 11.9. The molecule has 0 saturated heterocycles. The molecule has 0 aliphatic carbocycles. The van der Waals surface area contributed by atoms with Crippen molar-refractivity contribution in [3.8, 4) is 39.3 Å². The van der Waals surface area contributed by atoms with Crippen LogP contribution in [-0.4, -0.2) is 14.5 Å². The van der Waals surface area contributed by atoms with Crippen molar-refractivity contribution in [2.24, 2.45) is 0 Å². The van der Waals surface area contributed by atoms with Gasteiger partial charge in [0, 0.05) is 17.4 Å². The minimum atomic E-state index is 0.868. The third-order valence-electron chi connectivity index (χ3n) is 9.05. The molecule has 48 heavy (non-hydrogen) atoms. The number of nitrogens with zero attached hydrogens (tertiary/aromatic N) is 3. The summed E-state index contributed by atoms with van der Waals surface area (Å²) in [6, 6.07) is 51.2. The average Bonchev–Trinajstić information content (AvgIpc) is 3.55. The Morgan fingerprint density at radius 2 is 1.15 bits per heavy atom. The SMILES string of the molecule is C=Cc1c(/C=C(\C)c2ccc(-n3c(-c4ccccc4)nc4cnccc43)cc2)c(-c2ccccc2)c2ccccc2c1-c1ccccc1. The number of imidazole rings is 1. The Bertz CT molecular complexity index is 2440. The molecule has 0 N–H and O–H groups in total. The fourth-order valence-electron chi connectivity index (χ4n) is 6.82. The molecule has 0 aliphatic heterocycles. The average molecular weight is 616 g/mol. The van der Waals surface area contributed by atoms with Crippen LogP contribution in [0.5, 0.6) is 0 Å². The normalized spacial score (nSPS) is 11.6. The van der Waals surface area contributed by atoms with E-state index in [4.69, 9.17) is 4.98 Å². The topological polar surface area (TPSA) is 30.7 Å². The number of pyridine rings is 1. The van der Waals surface area contributed by atoms with E-state index in [2.05, 4.69) is 150 Å². The predicted molar refractivity (Wildman–Crippen MR) is 203 cm³/mol. The summed E-state index contributed by atoms with van der Waals surface area (Å²) in [4.78, 5) is 9.30. The van der Waals surface area contributed by atoms with Gasteiger partial charge >= 0.3 is 0 Å². The van der Waals surface area contributed by atoms with Gasteiger partial charge in [0.15, 0.2) is 0 Å². The standard InChI is InChI=1S/C45H33N3/c1-3-37-40(44(34-17-9-5-10-18-34)39-22-14-13-21-38(39)43(37)33-15-7-4-8-16-33)29-31(2)32-23-25-36(26-24-32)48-42-27-28-46-30-41(42)47-45(48)35-19-11-6-12-20-35/h3-30H,1H2,2H3/b31-29+. The van der Waals surface area contributed by atoms with E-state index in [9.17, 15) is 0 Å². The van der Waals surface area contributed by atoms with Gasteiger partial charge in [-0.3, -0.25) is 9.55 Å². The predicted octanol–water partition coefficient (Wildman–Crippen LogP) is 11.8. The van der Waals surface area contributed by atoms with E-state index in [1.807, 2.05) is 42.7 Å². The van der Waals surface area contributed by atoms with E-state index in [-0.39, 0.29) is 0 Å². The molecular weight excluding hydrogens is 583 g/mol. The fraction of sp³-hybridized carbons (Fsp3) is 0.0222. The second kappa shape index (κ2) is 12.5. The van der Waals surface area contributed by atoms with Gasteiger partial charge in [-0.25, -0.2) is 4.98 Å². The van der Waals surface area contributed by atoms with Gasteiger partial charge in [-0.1, -0.05) is 146 Å². The number of hydrogen-bond acceptors (Lipinski definition) is 2. The zero-order valence-corrected chi connectivity index (χ0v) is 26.7. The first-order valence-electron chi connectivity index (χ1n) is 16.2. The van der Waals surface area contributed by atoms with Crippen molar-refractivity contribution in [3.05, 3.63) is 181 Å². The van der Waals surface area contributed by atoms with Crippen molar-refractivity contribution in [3.63, 3.8) is 0 Å². The molecule has 2 aromatic heterocycles. The van der Waals surface area contributed by atoms with Gasteiger partial charge in [-0.2, -0.15) is 0 Å². The van der Waals surface area contributed by atoms with E-state index in [0.717, 1.165) is 44.8 Å². The molecule has 0 bridgehead atoms. The second-order valence-electron chi connectivity index (χ2n) is 11.9. The first-order chi connectivity index (χ1) is 23.7. The van der Waals surface area contributed by atoms with Crippen LogP contribution < -0.4 is 0 Å². The number of rotatable bonds is 7. The number of aromatic nitrogens is 3. The van der Waals surface area contributed by atoms with Gasteiger partial charge in [-0.05, 0) is 80.4 Å². The van der Waals surface area contributed by atoms with Crippen molar-refractivity contribution in [2.45, 2.75) is 6.92 Å². The van der Waals surface area contributed by atoms with Crippen molar-refractivity contribution in [1.82, 2.24) is 14.5 Å². The summed E-state index contributed by atoms with van der Waals surface area (Å²) in [6.07, 6.45) is 8.01. The van der Waals surface area contributed by atoms with Crippen LogP contribution in [0, 0.1) is 0 Å². The highest BCUT2D eigenvalue weighted by atomic mass is 15.1. The van der Waals surface area contributed by atoms with Gasteiger partial charge in [-0.15, -0.1) is 0 Å². The van der Waals surface area contributed by atoms with Gasteiger partial charge < -0.3 is 0 Å². The molecule has 0 aliphatic rings. The summed E-state index contributed by atoms with van der Waals surface area (Å²) < 4.78 is 2.22. The van der Waals surface area contributed by atoms with Crippen LogP contribution in [0.2, 0.25) is 0 Å². The van der Waals surface area contributed by atoms with Crippen LogP contribution in [0.25, 0.3) is 78.9 Å². The van der Waals surface area contributed by atoms with Crippen LogP contribution in [-0.2, 0) is 0 Å². The fourth-order valence-corrected chi connectivity index (χ4v) is 6.82. The maximum Gasteiger partial charge on any atom is 0.145 e. The highest BCUT2D eigenvalue weighted by Crippen LogP contribution is 2.44. The summed E-state index contributed by atoms with van der Waals surface area (Å²) in [7, 11) is 0. The lowest BCUT2D eigenvalue weighted by Crippen LogP contribution is -1.98. The highest BCUT2D eigenvalue weighted by Gasteiger charge is 2.20. The molecule has 0 radical (unpaired) electrons. The summed E-state index contributed by atoms with van der Waals surface area (Å²) in [5, 5.41) is 2.44. The van der Waals surface area contributed by atoms with E-state index in [0.29, 0.717) is 0 Å². The van der Waals surface area contributed by atoms with E-state index >= 15 is 0 Å². The van der Waals surface area contributed by atoms with Gasteiger partial charge in [0.1, 0.15) is 11.3 Å². The Labute approximate surface area is 280 Å². The molecule has 0 saturated carbocycles. The first-order valence-corrected chi connectivity index (χ1v) is 16.2. The molecule has 3 heteroatoms. The lowest BCUT2D eigenvalue weighted by Gasteiger charge is -2.21. The van der Waals surface area contributed by atoms with Crippen molar-refractivity contribution in [2.75, 3.05) is 0 Å². The van der Waals surface area contributed by atoms with Crippen LogP contribution in [0.1, 0.15) is 23.6 Å². The van der Waals surface area contributed by atoms with Gasteiger partial charge in [0.25, 0.3) is 0 Å². The molecule has 228 valence electrons. The molecule has 8 rings (SSSR count). The highest BCUT2D eigenvalue weighted by molar-refractivity contribution is 6.12. The third kappa shape index (κ3) is 5.12. The van der Waals surface area contributed by atoms with Gasteiger partial charge in [0.2, 0.25) is 0 Å². The number of fused-ring (bicyclic) bond motifs is 2. The van der Waals surface area contributed by atoms with E-state index < -0.39 is 0 Å². The lowest BCUT2D eigenvalue weighted by molar-refractivity contribution is 1.10.